The molecule has 2 aromatic carbocycles. The van der Waals surface area contributed by atoms with Gasteiger partial charge in [-0.3, -0.25) is 10.1 Å². The van der Waals surface area contributed by atoms with Crippen molar-refractivity contribution in [3.8, 4) is 11.1 Å². The maximum Gasteiger partial charge on any atom is 0.216 e. The number of nitrogens with zero attached hydrogens (tertiary/aromatic N) is 2. The lowest BCUT2D eigenvalue weighted by Crippen LogP contribution is -2.47. The third-order valence-corrected chi connectivity index (χ3v) is 5.27. The summed E-state index contributed by atoms with van der Waals surface area (Å²) in [4.78, 5) is 4.44. The van der Waals surface area contributed by atoms with Gasteiger partial charge in [0.25, 0.3) is 0 Å². The molecule has 7 heteroatoms. The molecular formula is C23H24FN5O. The highest BCUT2D eigenvalue weighted by Crippen LogP contribution is 2.30. The van der Waals surface area contributed by atoms with E-state index in [0.717, 1.165) is 22.3 Å². The Bertz CT molecular complexity index is 1130. The van der Waals surface area contributed by atoms with Gasteiger partial charge >= 0.3 is 0 Å². The molecule has 30 heavy (non-hydrogen) atoms. The lowest BCUT2D eigenvalue weighted by molar-refractivity contribution is 0.197. The van der Waals surface area contributed by atoms with Crippen LogP contribution in [0, 0.1) is 5.95 Å². The molecule has 0 radical (unpaired) electrons. The lowest BCUT2D eigenvalue weighted by atomic mass is 9.83. The van der Waals surface area contributed by atoms with E-state index in [1.807, 2.05) is 42.5 Å². The average Bonchev–Trinajstić information content (AvgIpc) is 3.17. The number of aromatic amines is 1. The number of rotatable bonds is 8. The van der Waals surface area contributed by atoms with Gasteiger partial charge in [0.2, 0.25) is 5.95 Å². The van der Waals surface area contributed by atoms with Crippen LogP contribution in [0.25, 0.3) is 22.0 Å². The van der Waals surface area contributed by atoms with E-state index in [2.05, 4.69) is 20.5 Å². The maximum absolute atomic E-state index is 14.0. The lowest BCUT2D eigenvalue weighted by Gasteiger charge is -2.31. The first-order valence-electron chi connectivity index (χ1n) is 9.75. The minimum atomic E-state index is -0.789. The molecule has 1 atom stereocenters. The fourth-order valence-corrected chi connectivity index (χ4v) is 3.57. The molecule has 0 aliphatic heterocycles. The molecule has 4 rings (SSSR count). The molecule has 0 spiro atoms. The van der Waals surface area contributed by atoms with Crippen LogP contribution in [0.15, 0.2) is 67.0 Å². The molecular weight excluding hydrogens is 381 g/mol. The van der Waals surface area contributed by atoms with Crippen LogP contribution in [0.1, 0.15) is 11.1 Å². The van der Waals surface area contributed by atoms with E-state index in [9.17, 15) is 4.39 Å². The van der Waals surface area contributed by atoms with Gasteiger partial charge in [0, 0.05) is 38.2 Å². The zero-order valence-electron chi connectivity index (χ0n) is 16.7. The molecule has 2 heterocycles. The Morgan fingerprint density at radius 2 is 1.90 bits per heavy atom. The van der Waals surface area contributed by atoms with Crippen molar-refractivity contribution >= 4 is 10.9 Å². The van der Waals surface area contributed by atoms with Gasteiger partial charge in [-0.15, -0.1) is 0 Å². The first kappa shape index (κ1) is 20.2. The van der Waals surface area contributed by atoms with Gasteiger partial charge in [0.15, 0.2) is 0 Å². The summed E-state index contributed by atoms with van der Waals surface area (Å²) in [5, 5.41) is 10.1. The molecule has 0 aliphatic rings. The quantitative estimate of drug-likeness (QED) is 0.392. The van der Waals surface area contributed by atoms with Crippen LogP contribution in [-0.2, 0) is 10.3 Å². The molecule has 0 amide bonds. The summed E-state index contributed by atoms with van der Waals surface area (Å²) < 4.78 is 19.1. The van der Waals surface area contributed by atoms with Gasteiger partial charge < -0.3 is 15.8 Å². The SMILES string of the molecule is COCCNCC(N)(c1ccccc1)c1cncc(-c2ccc3n[nH]c(F)c3c2)c1. The minimum Gasteiger partial charge on any atom is -0.383 e. The third-order valence-electron chi connectivity index (χ3n) is 5.27. The first-order chi connectivity index (χ1) is 14.6. The van der Waals surface area contributed by atoms with Gasteiger partial charge in [-0.2, -0.15) is 9.49 Å². The number of H-pyrrole nitrogens is 1. The van der Waals surface area contributed by atoms with Crippen LogP contribution in [0.2, 0.25) is 0 Å². The molecule has 0 saturated heterocycles. The summed E-state index contributed by atoms with van der Waals surface area (Å²) in [5.74, 6) is -0.448. The summed E-state index contributed by atoms with van der Waals surface area (Å²) in [6.45, 7) is 1.80. The Morgan fingerprint density at radius 3 is 2.70 bits per heavy atom. The summed E-state index contributed by atoms with van der Waals surface area (Å²) in [7, 11) is 1.67. The van der Waals surface area contributed by atoms with Gasteiger partial charge in [-0.05, 0) is 34.9 Å². The second kappa shape index (κ2) is 8.71. The van der Waals surface area contributed by atoms with E-state index in [0.29, 0.717) is 30.6 Å². The predicted octanol–water partition coefficient (Wildman–Crippen LogP) is 3.20. The van der Waals surface area contributed by atoms with E-state index in [-0.39, 0.29) is 0 Å². The number of nitrogens with one attached hydrogen (secondary N) is 2. The normalized spacial score (nSPS) is 13.4. The van der Waals surface area contributed by atoms with Crippen molar-refractivity contribution in [1.29, 1.82) is 0 Å². The van der Waals surface area contributed by atoms with E-state index >= 15 is 0 Å². The number of nitrogens with two attached hydrogens (primary N) is 1. The molecule has 6 nitrogen and oxygen atoms in total. The molecule has 1 unspecified atom stereocenters. The van der Waals surface area contributed by atoms with E-state index in [1.165, 1.54) is 0 Å². The largest absolute Gasteiger partial charge is 0.383 e. The second-order valence-corrected chi connectivity index (χ2v) is 7.24. The van der Waals surface area contributed by atoms with Crippen molar-refractivity contribution in [1.82, 2.24) is 20.5 Å². The van der Waals surface area contributed by atoms with Gasteiger partial charge in [0.05, 0.1) is 23.0 Å². The second-order valence-electron chi connectivity index (χ2n) is 7.24. The Balaban J connectivity index is 1.73. The van der Waals surface area contributed by atoms with Gasteiger partial charge in [-0.25, -0.2) is 0 Å². The molecule has 0 saturated carbocycles. The Hall–Kier alpha value is -3.13. The van der Waals surface area contributed by atoms with Crippen molar-refractivity contribution < 1.29 is 9.13 Å². The number of fused-ring (bicyclic) bond motifs is 1. The van der Waals surface area contributed by atoms with Gasteiger partial charge in [-0.1, -0.05) is 36.4 Å². The number of pyridine rings is 1. The summed E-state index contributed by atoms with van der Waals surface area (Å²) in [5.41, 5.74) is 10.3. The number of hydrogen-bond acceptors (Lipinski definition) is 5. The number of aromatic nitrogens is 3. The first-order valence-corrected chi connectivity index (χ1v) is 9.75. The fourth-order valence-electron chi connectivity index (χ4n) is 3.57. The van der Waals surface area contributed by atoms with E-state index < -0.39 is 11.5 Å². The highest BCUT2D eigenvalue weighted by atomic mass is 19.1. The van der Waals surface area contributed by atoms with Crippen LogP contribution in [0.3, 0.4) is 0 Å². The van der Waals surface area contributed by atoms with E-state index in [4.69, 9.17) is 10.5 Å². The van der Waals surface area contributed by atoms with E-state index in [1.54, 1.807) is 31.6 Å². The van der Waals surface area contributed by atoms with Crippen molar-refractivity contribution in [2.45, 2.75) is 5.54 Å². The summed E-state index contributed by atoms with van der Waals surface area (Å²) >= 11 is 0. The molecule has 0 aliphatic carbocycles. The third kappa shape index (κ3) is 3.95. The molecule has 4 aromatic rings. The summed E-state index contributed by atoms with van der Waals surface area (Å²) in [6.07, 6.45) is 3.54. The van der Waals surface area contributed by atoms with Crippen molar-refractivity contribution in [2.24, 2.45) is 5.73 Å². The Kier molecular flexibility index (Phi) is 5.85. The van der Waals surface area contributed by atoms with Crippen LogP contribution in [-0.4, -0.2) is 42.0 Å². The molecule has 2 aromatic heterocycles. The van der Waals surface area contributed by atoms with Crippen LogP contribution in [0.4, 0.5) is 4.39 Å². The highest BCUT2D eigenvalue weighted by Gasteiger charge is 2.30. The summed E-state index contributed by atoms with van der Waals surface area (Å²) in [6, 6.07) is 17.4. The molecule has 0 bridgehead atoms. The van der Waals surface area contributed by atoms with Crippen LogP contribution >= 0.6 is 0 Å². The van der Waals surface area contributed by atoms with Crippen molar-refractivity contribution in [3.05, 3.63) is 84.1 Å². The zero-order valence-corrected chi connectivity index (χ0v) is 16.7. The molecule has 154 valence electrons. The van der Waals surface area contributed by atoms with Crippen LogP contribution < -0.4 is 11.1 Å². The molecule has 4 N–H and O–H groups in total. The standard InChI is InChI=1S/C23H24FN5O/c1-30-10-9-26-15-23(25,18-5-3-2-4-6-18)19-11-17(13-27-14-19)16-7-8-21-20(12-16)22(24)29-28-21/h2-8,11-14,26H,9-10,15,25H2,1H3,(H,28,29). The Labute approximate surface area is 174 Å². The number of halogens is 1. The Morgan fingerprint density at radius 1 is 1.07 bits per heavy atom. The monoisotopic (exact) mass is 405 g/mol. The number of ether oxygens (including phenoxy) is 1. The van der Waals surface area contributed by atoms with Crippen molar-refractivity contribution in [3.63, 3.8) is 0 Å². The number of methoxy groups -OCH3 is 1. The maximum atomic E-state index is 14.0. The fraction of sp³-hybridized carbons (Fsp3) is 0.217. The predicted molar refractivity (Wildman–Crippen MR) is 115 cm³/mol. The average molecular weight is 405 g/mol. The minimum absolute atomic E-state index is 0.446. The highest BCUT2D eigenvalue weighted by molar-refractivity contribution is 5.84. The zero-order chi connectivity index (χ0) is 21.0. The molecule has 0 fully saturated rings. The van der Waals surface area contributed by atoms with Crippen molar-refractivity contribution in [2.75, 3.05) is 26.8 Å². The van der Waals surface area contributed by atoms with Crippen LogP contribution in [0.5, 0.6) is 0 Å². The number of benzene rings is 2. The van der Waals surface area contributed by atoms with Gasteiger partial charge in [0.1, 0.15) is 0 Å². The topological polar surface area (TPSA) is 88.8 Å². The number of hydrogen-bond donors (Lipinski definition) is 3. The smallest absolute Gasteiger partial charge is 0.216 e.